The molecule has 0 radical (unpaired) electrons. The van der Waals surface area contributed by atoms with E-state index in [9.17, 15) is 0 Å². The van der Waals surface area contributed by atoms with Crippen molar-refractivity contribution < 1.29 is 4.74 Å². The summed E-state index contributed by atoms with van der Waals surface area (Å²) < 4.78 is 5.23. The molecule has 0 fully saturated rings. The zero-order valence-electron chi connectivity index (χ0n) is 11.7. The number of hydrogen-bond donors (Lipinski definition) is 1. The van der Waals surface area contributed by atoms with Gasteiger partial charge in [-0.25, -0.2) is 0 Å². The lowest BCUT2D eigenvalue weighted by molar-refractivity contribution is 0.223. The van der Waals surface area contributed by atoms with E-state index in [1.54, 1.807) is 7.11 Å². The summed E-state index contributed by atoms with van der Waals surface area (Å²) in [7, 11) is 1.73. The standard InChI is InChI=1S/C15H23NO.ClH/c1-15(2,3)16-11-14(12-17-4)10-13-8-6-5-7-9-13;/h5-10,16H,11-12H2,1-4H3;1H/b14-10+;. The SMILES string of the molecule is COC/C(=C/c1ccccc1)CNC(C)(C)C.Cl. The van der Waals surface area contributed by atoms with Crippen LogP contribution < -0.4 is 5.32 Å². The fourth-order valence-electron chi connectivity index (χ4n) is 1.49. The normalized spacial score (nSPS) is 12.1. The monoisotopic (exact) mass is 269 g/mol. The van der Waals surface area contributed by atoms with E-state index in [1.807, 2.05) is 18.2 Å². The first-order valence-electron chi connectivity index (χ1n) is 6.00. The molecule has 0 aliphatic heterocycles. The van der Waals surface area contributed by atoms with Crippen LogP contribution in [0.15, 0.2) is 35.9 Å². The highest BCUT2D eigenvalue weighted by Gasteiger charge is 2.09. The van der Waals surface area contributed by atoms with Gasteiger partial charge in [-0.3, -0.25) is 0 Å². The fourth-order valence-corrected chi connectivity index (χ4v) is 1.49. The Morgan fingerprint density at radius 3 is 2.33 bits per heavy atom. The molecule has 102 valence electrons. The Bertz CT molecular complexity index is 355. The largest absolute Gasteiger partial charge is 0.380 e. The molecule has 0 saturated carbocycles. The van der Waals surface area contributed by atoms with Crippen LogP contribution in [0, 0.1) is 0 Å². The molecule has 0 aliphatic carbocycles. The summed E-state index contributed by atoms with van der Waals surface area (Å²) in [5, 5.41) is 3.48. The molecular weight excluding hydrogens is 246 g/mol. The molecule has 18 heavy (non-hydrogen) atoms. The average Bonchev–Trinajstić information content (AvgIpc) is 2.27. The molecule has 1 aromatic rings. The molecule has 0 amide bonds. The van der Waals surface area contributed by atoms with Crippen molar-refractivity contribution in [3.05, 3.63) is 41.5 Å². The topological polar surface area (TPSA) is 21.3 Å². The van der Waals surface area contributed by atoms with E-state index in [0.717, 1.165) is 6.54 Å². The third-order valence-electron chi connectivity index (χ3n) is 2.35. The van der Waals surface area contributed by atoms with Crippen molar-refractivity contribution >= 4 is 18.5 Å². The molecule has 0 bridgehead atoms. The lowest BCUT2D eigenvalue weighted by Gasteiger charge is -2.21. The van der Waals surface area contributed by atoms with Crippen LogP contribution in [0.4, 0.5) is 0 Å². The summed E-state index contributed by atoms with van der Waals surface area (Å²) in [5.41, 5.74) is 2.60. The van der Waals surface area contributed by atoms with Crippen LogP contribution in [0.5, 0.6) is 0 Å². The Kier molecular flexibility index (Phi) is 7.92. The highest BCUT2D eigenvalue weighted by atomic mass is 35.5. The van der Waals surface area contributed by atoms with Gasteiger partial charge >= 0.3 is 0 Å². The van der Waals surface area contributed by atoms with Crippen molar-refractivity contribution in [3.8, 4) is 0 Å². The number of ether oxygens (including phenoxy) is 1. The maximum atomic E-state index is 5.23. The molecule has 1 N–H and O–H groups in total. The second-order valence-corrected chi connectivity index (χ2v) is 5.25. The van der Waals surface area contributed by atoms with Gasteiger partial charge in [-0.05, 0) is 31.9 Å². The first-order chi connectivity index (χ1) is 8.01. The quantitative estimate of drug-likeness (QED) is 0.883. The second-order valence-electron chi connectivity index (χ2n) is 5.25. The lowest BCUT2D eigenvalue weighted by atomic mass is 10.1. The minimum atomic E-state index is 0. The smallest absolute Gasteiger partial charge is 0.0688 e. The van der Waals surface area contributed by atoms with Crippen LogP contribution >= 0.6 is 12.4 Å². The maximum Gasteiger partial charge on any atom is 0.0688 e. The van der Waals surface area contributed by atoms with Gasteiger partial charge in [-0.1, -0.05) is 36.4 Å². The Labute approximate surface area is 117 Å². The Hall–Kier alpha value is -0.830. The van der Waals surface area contributed by atoms with E-state index < -0.39 is 0 Å². The third-order valence-corrected chi connectivity index (χ3v) is 2.35. The highest BCUT2D eigenvalue weighted by Crippen LogP contribution is 2.08. The van der Waals surface area contributed by atoms with Gasteiger partial charge < -0.3 is 10.1 Å². The number of halogens is 1. The highest BCUT2D eigenvalue weighted by molar-refractivity contribution is 5.85. The second kappa shape index (κ2) is 8.30. The summed E-state index contributed by atoms with van der Waals surface area (Å²) in [4.78, 5) is 0. The number of methoxy groups -OCH3 is 1. The van der Waals surface area contributed by atoms with Crippen molar-refractivity contribution in [2.75, 3.05) is 20.3 Å². The Morgan fingerprint density at radius 1 is 1.22 bits per heavy atom. The van der Waals surface area contributed by atoms with Crippen molar-refractivity contribution in [1.82, 2.24) is 5.32 Å². The third kappa shape index (κ3) is 7.49. The molecule has 1 rings (SSSR count). The molecule has 0 unspecified atom stereocenters. The molecule has 1 aromatic carbocycles. The van der Waals surface area contributed by atoms with Crippen LogP contribution in [0.3, 0.4) is 0 Å². The first kappa shape index (κ1) is 17.2. The molecule has 0 aromatic heterocycles. The number of rotatable bonds is 5. The van der Waals surface area contributed by atoms with Crippen LogP contribution in [0.25, 0.3) is 6.08 Å². The van der Waals surface area contributed by atoms with E-state index >= 15 is 0 Å². The molecule has 3 heteroatoms. The maximum absolute atomic E-state index is 5.23. The number of benzene rings is 1. The van der Waals surface area contributed by atoms with E-state index in [1.165, 1.54) is 11.1 Å². The van der Waals surface area contributed by atoms with Crippen LogP contribution in [0.1, 0.15) is 26.3 Å². The van der Waals surface area contributed by atoms with Gasteiger partial charge in [-0.15, -0.1) is 12.4 Å². The van der Waals surface area contributed by atoms with Crippen molar-refractivity contribution in [3.63, 3.8) is 0 Å². The van der Waals surface area contributed by atoms with Crippen molar-refractivity contribution in [1.29, 1.82) is 0 Å². The first-order valence-corrected chi connectivity index (χ1v) is 6.00. The summed E-state index contributed by atoms with van der Waals surface area (Å²) in [5.74, 6) is 0. The van der Waals surface area contributed by atoms with Gasteiger partial charge in [0.1, 0.15) is 0 Å². The predicted molar refractivity (Wildman–Crippen MR) is 81.3 cm³/mol. The predicted octanol–water partition coefficient (Wildman–Crippen LogP) is 3.53. The minimum Gasteiger partial charge on any atom is -0.380 e. The number of hydrogen-bond acceptors (Lipinski definition) is 2. The van der Waals surface area contributed by atoms with Gasteiger partial charge in [-0.2, -0.15) is 0 Å². The van der Waals surface area contributed by atoms with E-state index in [-0.39, 0.29) is 17.9 Å². The molecule has 0 spiro atoms. The minimum absolute atomic E-state index is 0. The fraction of sp³-hybridized carbons (Fsp3) is 0.467. The molecule has 2 nitrogen and oxygen atoms in total. The molecule has 0 heterocycles. The Morgan fingerprint density at radius 2 is 1.83 bits per heavy atom. The van der Waals surface area contributed by atoms with Gasteiger partial charge in [0.15, 0.2) is 0 Å². The number of nitrogens with one attached hydrogen (secondary N) is 1. The summed E-state index contributed by atoms with van der Waals surface area (Å²) in [6, 6.07) is 10.3. The molecule has 0 aliphatic rings. The van der Waals surface area contributed by atoms with Gasteiger partial charge in [0, 0.05) is 19.2 Å². The molecule has 0 atom stereocenters. The van der Waals surface area contributed by atoms with Crippen LogP contribution in [0.2, 0.25) is 0 Å². The Balaban J connectivity index is 0.00000289. The summed E-state index contributed by atoms with van der Waals surface area (Å²) in [6.07, 6.45) is 2.18. The molecular formula is C15H24ClNO. The average molecular weight is 270 g/mol. The van der Waals surface area contributed by atoms with Gasteiger partial charge in [0.05, 0.1) is 6.61 Å². The van der Waals surface area contributed by atoms with Gasteiger partial charge in [0.2, 0.25) is 0 Å². The van der Waals surface area contributed by atoms with E-state index in [0.29, 0.717) is 6.61 Å². The zero-order chi connectivity index (χ0) is 12.7. The van der Waals surface area contributed by atoms with Gasteiger partial charge in [0.25, 0.3) is 0 Å². The van der Waals surface area contributed by atoms with Crippen LogP contribution in [-0.2, 0) is 4.74 Å². The lowest BCUT2D eigenvalue weighted by Crippen LogP contribution is -2.37. The summed E-state index contributed by atoms with van der Waals surface area (Å²) in [6.45, 7) is 8.02. The van der Waals surface area contributed by atoms with E-state index in [2.05, 4.69) is 44.3 Å². The molecule has 0 saturated heterocycles. The zero-order valence-corrected chi connectivity index (χ0v) is 12.5. The van der Waals surface area contributed by atoms with Crippen LogP contribution in [-0.4, -0.2) is 25.8 Å². The van der Waals surface area contributed by atoms with E-state index in [4.69, 9.17) is 4.74 Å². The van der Waals surface area contributed by atoms with Crippen molar-refractivity contribution in [2.24, 2.45) is 0 Å². The summed E-state index contributed by atoms with van der Waals surface area (Å²) >= 11 is 0. The van der Waals surface area contributed by atoms with Crippen molar-refractivity contribution in [2.45, 2.75) is 26.3 Å².